The van der Waals surface area contributed by atoms with Crippen molar-refractivity contribution in [3.8, 4) is 0 Å². The van der Waals surface area contributed by atoms with Crippen molar-refractivity contribution in [1.29, 1.82) is 0 Å². The highest BCUT2D eigenvalue weighted by Crippen LogP contribution is 2.39. The van der Waals surface area contributed by atoms with E-state index >= 15 is 0 Å². The van der Waals surface area contributed by atoms with Gasteiger partial charge in [-0.2, -0.15) is 0 Å². The molecule has 8 heteroatoms. The number of nitrogens with one attached hydrogen (secondary N) is 2. The number of anilines is 2. The summed E-state index contributed by atoms with van der Waals surface area (Å²) in [6.45, 7) is 6.53. The number of benzene rings is 3. The second-order valence-electron chi connectivity index (χ2n) is 10.0. The van der Waals surface area contributed by atoms with Gasteiger partial charge in [0, 0.05) is 37.1 Å². The molecule has 1 amide bonds. The lowest BCUT2D eigenvalue weighted by atomic mass is 10.00. The normalized spacial score (nSPS) is 14.5. The molecule has 2 N–H and O–H groups in total. The van der Waals surface area contributed by atoms with Crippen molar-refractivity contribution >= 4 is 38.6 Å². The largest absolute Gasteiger partial charge is 0.354 e. The highest BCUT2D eigenvalue weighted by molar-refractivity contribution is 7.89. The second-order valence-corrected chi connectivity index (χ2v) is 12.1. The van der Waals surface area contributed by atoms with Crippen LogP contribution in [0.2, 0.25) is 0 Å². The van der Waals surface area contributed by atoms with Crippen LogP contribution in [-0.4, -0.2) is 50.7 Å². The molecule has 3 aromatic carbocycles. The van der Waals surface area contributed by atoms with E-state index in [0.29, 0.717) is 29.1 Å². The first-order valence-electron chi connectivity index (χ1n) is 13.5. The van der Waals surface area contributed by atoms with Crippen molar-refractivity contribution in [1.82, 2.24) is 9.21 Å². The Hall–Kier alpha value is -3.46. The van der Waals surface area contributed by atoms with Crippen LogP contribution in [0, 0.1) is 0 Å². The Morgan fingerprint density at radius 2 is 1.62 bits per heavy atom. The van der Waals surface area contributed by atoms with E-state index in [2.05, 4.69) is 41.6 Å². The minimum Gasteiger partial charge on any atom is -0.354 e. The van der Waals surface area contributed by atoms with Crippen molar-refractivity contribution in [3.05, 3.63) is 89.5 Å². The molecule has 0 spiro atoms. The lowest BCUT2D eigenvalue weighted by Crippen LogP contribution is -2.28. The topological polar surface area (TPSA) is 81.8 Å². The molecule has 1 aliphatic rings. The average molecular weight is 547 g/mol. The molecule has 0 aliphatic carbocycles. The molecule has 1 heterocycles. The summed E-state index contributed by atoms with van der Waals surface area (Å²) in [5.74, 6) is -0.275. The first-order chi connectivity index (χ1) is 18.7. The lowest BCUT2D eigenvalue weighted by molar-refractivity contribution is -0.110. The smallest absolute Gasteiger partial charge is 0.258 e. The van der Waals surface area contributed by atoms with Crippen molar-refractivity contribution in [2.75, 3.05) is 37.8 Å². The van der Waals surface area contributed by atoms with E-state index < -0.39 is 10.0 Å². The Bertz CT molecular complexity index is 1430. The number of carbonyl (C=O) groups is 1. The molecule has 0 fully saturated rings. The van der Waals surface area contributed by atoms with Crippen LogP contribution in [0.1, 0.15) is 49.8 Å². The summed E-state index contributed by atoms with van der Waals surface area (Å²) in [6.07, 6.45) is 2.78. The Morgan fingerprint density at radius 1 is 0.897 bits per heavy atom. The molecule has 0 saturated heterocycles. The number of rotatable bonds is 12. The number of amides is 1. The Labute approximate surface area is 232 Å². The zero-order chi connectivity index (χ0) is 28.0. The molecule has 206 valence electrons. The van der Waals surface area contributed by atoms with E-state index in [0.717, 1.165) is 43.6 Å². The Balaban J connectivity index is 1.75. The van der Waals surface area contributed by atoms with Crippen LogP contribution >= 0.6 is 0 Å². The van der Waals surface area contributed by atoms with Gasteiger partial charge in [-0.3, -0.25) is 4.79 Å². The standard InChI is InChI=1S/C31H38N4O3S/c1-5-7-20-35(4)39(37,38)26-17-18-28-27(21-26)29(31(36)33-28)30(24-11-9-8-10-12-24)32-25-15-13-23(14-16-25)22-34(3)19-6-2/h8-18,21,32H,5-7,19-20,22H2,1-4H3,(H,33,36)/b30-29-. The highest BCUT2D eigenvalue weighted by Gasteiger charge is 2.31. The van der Waals surface area contributed by atoms with Crippen molar-refractivity contribution in [2.24, 2.45) is 0 Å². The van der Waals surface area contributed by atoms with Gasteiger partial charge in [-0.1, -0.05) is 62.7 Å². The van der Waals surface area contributed by atoms with Gasteiger partial charge in [-0.15, -0.1) is 0 Å². The number of fused-ring (bicyclic) bond motifs is 1. The molecule has 0 bridgehead atoms. The van der Waals surface area contributed by atoms with Crippen LogP contribution in [0.25, 0.3) is 11.3 Å². The van der Waals surface area contributed by atoms with Gasteiger partial charge >= 0.3 is 0 Å². The van der Waals surface area contributed by atoms with Crippen molar-refractivity contribution < 1.29 is 13.2 Å². The molecule has 1 aliphatic heterocycles. The molecule has 3 aromatic rings. The summed E-state index contributed by atoms with van der Waals surface area (Å²) >= 11 is 0. The monoisotopic (exact) mass is 546 g/mol. The summed E-state index contributed by atoms with van der Waals surface area (Å²) in [4.78, 5) is 15.8. The van der Waals surface area contributed by atoms with Gasteiger partial charge < -0.3 is 15.5 Å². The third-order valence-electron chi connectivity index (χ3n) is 6.86. The fourth-order valence-electron chi connectivity index (χ4n) is 4.73. The maximum atomic E-state index is 13.3. The first kappa shape index (κ1) is 28.5. The summed E-state index contributed by atoms with van der Waals surface area (Å²) in [5.41, 5.74) is 5.07. The number of unbranched alkanes of at least 4 members (excludes halogenated alkanes) is 1. The minimum atomic E-state index is -3.69. The minimum absolute atomic E-state index is 0.168. The van der Waals surface area contributed by atoms with Gasteiger partial charge in [0.15, 0.2) is 0 Å². The van der Waals surface area contributed by atoms with Crippen LogP contribution in [0.4, 0.5) is 11.4 Å². The van der Waals surface area contributed by atoms with E-state index in [1.165, 1.54) is 9.87 Å². The van der Waals surface area contributed by atoms with Crippen LogP contribution < -0.4 is 10.6 Å². The van der Waals surface area contributed by atoms with Gasteiger partial charge in [-0.25, -0.2) is 12.7 Å². The summed E-state index contributed by atoms with van der Waals surface area (Å²) in [6, 6.07) is 22.7. The quantitative estimate of drug-likeness (QED) is 0.277. The molecule has 39 heavy (non-hydrogen) atoms. The first-order valence-corrected chi connectivity index (χ1v) is 14.9. The van der Waals surface area contributed by atoms with Gasteiger partial charge in [-0.05, 0) is 67.9 Å². The third kappa shape index (κ3) is 6.58. The van der Waals surface area contributed by atoms with Crippen LogP contribution in [-0.2, 0) is 21.4 Å². The molecule has 0 saturated carbocycles. The van der Waals surface area contributed by atoms with Crippen LogP contribution in [0.3, 0.4) is 0 Å². The molecule has 0 atom stereocenters. The van der Waals surface area contributed by atoms with Gasteiger partial charge in [0.25, 0.3) is 5.91 Å². The molecule has 7 nitrogen and oxygen atoms in total. The fourth-order valence-corrected chi connectivity index (χ4v) is 5.97. The highest BCUT2D eigenvalue weighted by atomic mass is 32.2. The molecule has 0 radical (unpaired) electrons. The van der Waals surface area contributed by atoms with Gasteiger partial charge in [0.1, 0.15) is 0 Å². The molecular weight excluding hydrogens is 508 g/mol. The summed E-state index contributed by atoms with van der Waals surface area (Å²) < 4.78 is 28.0. The zero-order valence-corrected chi connectivity index (χ0v) is 24.0. The zero-order valence-electron chi connectivity index (χ0n) is 23.2. The molecule has 4 rings (SSSR count). The lowest BCUT2D eigenvalue weighted by Gasteiger charge is -2.18. The van der Waals surface area contributed by atoms with E-state index in [4.69, 9.17) is 0 Å². The number of nitrogens with zero attached hydrogens (tertiary/aromatic N) is 2. The maximum Gasteiger partial charge on any atom is 0.258 e. The fraction of sp³-hybridized carbons (Fsp3) is 0.323. The average Bonchev–Trinajstić information content (AvgIpc) is 3.26. The summed E-state index contributed by atoms with van der Waals surface area (Å²) in [5, 5.41) is 6.39. The molecule has 0 unspecified atom stereocenters. The number of sulfonamides is 1. The number of hydrogen-bond donors (Lipinski definition) is 2. The van der Waals surface area contributed by atoms with E-state index in [-0.39, 0.29) is 10.8 Å². The van der Waals surface area contributed by atoms with Gasteiger partial charge in [0.05, 0.1) is 16.2 Å². The SMILES string of the molecule is CCCCN(C)S(=O)(=O)c1ccc2c(c1)/C(=C(/Nc1ccc(CN(C)CCC)cc1)c1ccccc1)C(=O)N2. The van der Waals surface area contributed by atoms with Crippen molar-refractivity contribution in [3.63, 3.8) is 0 Å². The van der Waals surface area contributed by atoms with Gasteiger partial charge in [0.2, 0.25) is 10.0 Å². The Morgan fingerprint density at radius 3 is 2.28 bits per heavy atom. The molecular formula is C31H38N4O3S. The Kier molecular flexibility index (Phi) is 9.22. The number of carbonyl (C=O) groups excluding carboxylic acids is 1. The third-order valence-corrected chi connectivity index (χ3v) is 8.72. The van der Waals surface area contributed by atoms with Crippen LogP contribution in [0.5, 0.6) is 0 Å². The van der Waals surface area contributed by atoms with E-state index in [1.54, 1.807) is 25.2 Å². The van der Waals surface area contributed by atoms with Crippen LogP contribution in [0.15, 0.2) is 77.7 Å². The summed E-state index contributed by atoms with van der Waals surface area (Å²) in [7, 11) is 0.0124. The second kappa shape index (κ2) is 12.6. The van der Waals surface area contributed by atoms with E-state index in [9.17, 15) is 13.2 Å². The maximum absolute atomic E-state index is 13.3. The predicted octanol–water partition coefficient (Wildman–Crippen LogP) is 5.88. The van der Waals surface area contributed by atoms with Crippen molar-refractivity contribution in [2.45, 2.75) is 44.6 Å². The number of hydrogen-bond acceptors (Lipinski definition) is 5. The van der Waals surface area contributed by atoms with E-state index in [1.807, 2.05) is 49.4 Å². The molecule has 0 aromatic heterocycles. The predicted molar refractivity (Wildman–Crippen MR) is 160 cm³/mol.